The number of carbonyl (C=O) groups excluding carboxylic acids is 1. The van der Waals surface area contributed by atoms with Gasteiger partial charge in [-0.25, -0.2) is 4.39 Å². The Morgan fingerprint density at radius 1 is 1.36 bits per heavy atom. The minimum Gasteiger partial charge on any atom is -0.378 e. The second kappa shape index (κ2) is 8.15. The lowest BCUT2D eigenvalue weighted by atomic mass is 10.0. The molecule has 2 heterocycles. The molecule has 0 spiro atoms. The standard InChI is InChI=1S/C19H28FN3O2/c1-14(21-19(24)13-16-4-3-11-25-16)17-12-15(20)5-6-18(17)23-9-7-22(2)8-10-23/h5-6,12,14,16H,3-4,7-11,13H2,1-2H3,(H,21,24)/t14-,16+/m1/s1. The van der Waals surface area contributed by atoms with E-state index in [4.69, 9.17) is 4.74 Å². The van der Waals surface area contributed by atoms with Crippen LogP contribution in [-0.2, 0) is 9.53 Å². The molecule has 1 aromatic rings. The van der Waals surface area contributed by atoms with Gasteiger partial charge in [-0.15, -0.1) is 0 Å². The molecule has 1 amide bonds. The van der Waals surface area contributed by atoms with Crippen LogP contribution in [0.3, 0.4) is 0 Å². The summed E-state index contributed by atoms with van der Waals surface area (Å²) in [6, 6.07) is 4.64. The van der Waals surface area contributed by atoms with Crippen LogP contribution in [0.2, 0.25) is 0 Å². The summed E-state index contributed by atoms with van der Waals surface area (Å²) < 4.78 is 19.4. The zero-order valence-electron chi connectivity index (χ0n) is 15.1. The number of hydrogen-bond donors (Lipinski definition) is 1. The molecular formula is C19H28FN3O2. The summed E-state index contributed by atoms with van der Waals surface area (Å²) in [5.41, 5.74) is 1.85. The van der Waals surface area contributed by atoms with Gasteiger partial charge < -0.3 is 19.9 Å². The summed E-state index contributed by atoms with van der Waals surface area (Å²) in [5.74, 6) is -0.305. The molecule has 3 rings (SSSR count). The van der Waals surface area contributed by atoms with E-state index in [-0.39, 0.29) is 23.9 Å². The molecule has 2 saturated heterocycles. The van der Waals surface area contributed by atoms with Gasteiger partial charge in [-0.05, 0) is 45.0 Å². The summed E-state index contributed by atoms with van der Waals surface area (Å²) in [6.07, 6.45) is 2.36. The van der Waals surface area contributed by atoms with Gasteiger partial charge in [0.1, 0.15) is 5.82 Å². The van der Waals surface area contributed by atoms with Crippen LogP contribution < -0.4 is 10.2 Å². The fraction of sp³-hybridized carbons (Fsp3) is 0.632. The molecule has 25 heavy (non-hydrogen) atoms. The van der Waals surface area contributed by atoms with E-state index in [9.17, 15) is 9.18 Å². The number of anilines is 1. The first-order chi connectivity index (χ1) is 12.0. The minimum atomic E-state index is -0.270. The molecule has 2 fully saturated rings. The SMILES string of the molecule is C[C@@H](NC(=O)C[C@@H]1CCCO1)c1cc(F)ccc1N1CCN(C)CC1. The molecule has 138 valence electrons. The van der Waals surface area contributed by atoms with Crippen molar-refractivity contribution in [2.24, 2.45) is 0 Å². The number of benzene rings is 1. The number of piperazine rings is 1. The van der Waals surface area contributed by atoms with Crippen molar-refractivity contribution in [3.8, 4) is 0 Å². The average molecular weight is 349 g/mol. The average Bonchev–Trinajstić information content (AvgIpc) is 3.08. The highest BCUT2D eigenvalue weighted by Crippen LogP contribution is 2.28. The van der Waals surface area contributed by atoms with Crippen molar-refractivity contribution in [1.29, 1.82) is 0 Å². The Kier molecular flexibility index (Phi) is 5.91. The number of amides is 1. The van der Waals surface area contributed by atoms with Crippen LogP contribution in [0.4, 0.5) is 10.1 Å². The van der Waals surface area contributed by atoms with Crippen molar-refractivity contribution < 1.29 is 13.9 Å². The summed E-state index contributed by atoms with van der Waals surface area (Å²) >= 11 is 0. The van der Waals surface area contributed by atoms with Gasteiger partial charge in [0.25, 0.3) is 0 Å². The Morgan fingerprint density at radius 3 is 2.80 bits per heavy atom. The van der Waals surface area contributed by atoms with Crippen LogP contribution >= 0.6 is 0 Å². The number of likely N-dealkylation sites (N-methyl/N-ethyl adjacent to an activating group) is 1. The second-order valence-corrected chi connectivity index (χ2v) is 7.12. The van der Waals surface area contributed by atoms with E-state index in [1.807, 2.05) is 13.0 Å². The highest BCUT2D eigenvalue weighted by molar-refractivity contribution is 5.77. The zero-order chi connectivity index (χ0) is 17.8. The van der Waals surface area contributed by atoms with Crippen LogP contribution in [0, 0.1) is 5.82 Å². The van der Waals surface area contributed by atoms with Crippen molar-refractivity contribution in [2.45, 2.75) is 38.3 Å². The third kappa shape index (κ3) is 4.70. The number of carbonyl (C=O) groups is 1. The second-order valence-electron chi connectivity index (χ2n) is 7.12. The predicted octanol–water partition coefficient (Wildman–Crippen LogP) is 2.32. The molecule has 0 radical (unpaired) electrons. The Hall–Kier alpha value is -1.66. The van der Waals surface area contributed by atoms with Crippen molar-refractivity contribution >= 4 is 11.6 Å². The van der Waals surface area contributed by atoms with Crippen molar-refractivity contribution in [3.05, 3.63) is 29.6 Å². The lowest BCUT2D eigenvalue weighted by molar-refractivity contribution is -0.123. The van der Waals surface area contributed by atoms with Crippen molar-refractivity contribution in [1.82, 2.24) is 10.2 Å². The van der Waals surface area contributed by atoms with E-state index in [0.717, 1.165) is 56.9 Å². The van der Waals surface area contributed by atoms with Crippen LogP contribution in [0.15, 0.2) is 18.2 Å². The number of halogens is 1. The first-order valence-corrected chi connectivity index (χ1v) is 9.17. The van der Waals surface area contributed by atoms with Gasteiger partial charge in [0.15, 0.2) is 0 Å². The maximum absolute atomic E-state index is 13.8. The summed E-state index contributed by atoms with van der Waals surface area (Å²) in [4.78, 5) is 16.9. The molecule has 0 bridgehead atoms. The molecule has 2 aliphatic heterocycles. The third-order valence-electron chi connectivity index (χ3n) is 5.11. The van der Waals surface area contributed by atoms with Crippen molar-refractivity contribution in [2.75, 3.05) is 44.7 Å². The molecule has 0 unspecified atom stereocenters. The summed E-state index contributed by atoms with van der Waals surface area (Å²) in [5, 5.41) is 3.02. The Bertz CT molecular complexity index is 596. The van der Waals surface area contributed by atoms with Gasteiger partial charge in [0, 0.05) is 44.0 Å². The van der Waals surface area contributed by atoms with E-state index in [2.05, 4.69) is 22.2 Å². The largest absolute Gasteiger partial charge is 0.378 e. The van der Waals surface area contributed by atoms with Gasteiger partial charge in [0.2, 0.25) is 5.91 Å². The minimum absolute atomic E-state index is 0.0248. The molecule has 6 heteroatoms. The molecule has 1 aromatic carbocycles. The number of nitrogens with one attached hydrogen (secondary N) is 1. The van der Waals surface area contributed by atoms with Gasteiger partial charge in [-0.2, -0.15) is 0 Å². The monoisotopic (exact) mass is 349 g/mol. The topological polar surface area (TPSA) is 44.8 Å². The zero-order valence-corrected chi connectivity index (χ0v) is 15.1. The Morgan fingerprint density at radius 2 is 2.12 bits per heavy atom. The maximum Gasteiger partial charge on any atom is 0.223 e. The molecule has 5 nitrogen and oxygen atoms in total. The van der Waals surface area contributed by atoms with E-state index in [1.165, 1.54) is 6.07 Å². The molecule has 0 aliphatic carbocycles. The first-order valence-electron chi connectivity index (χ1n) is 9.17. The Labute approximate surface area is 149 Å². The third-order valence-corrected chi connectivity index (χ3v) is 5.11. The number of hydrogen-bond acceptors (Lipinski definition) is 4. The van der Waals surface area contributed by atoms with E-state index >= 15 is 0 Å². The number of ether oxygens (including phenoxy) is 1. The molecule has 2 aliphatic rings. The fourth-order valence-electron chi connectivity index (χ4n) is 3.60. The van der Waals surface area contributed by atoms with Gasteiger partial charge in [-0.3, -0.25) is 4.79 Å². The van der Waals surface area contributed by atoms with Crippen LogP contribution in [0.25, 0.3) is 0 Å². The highest BCUT2D eigenvalue weighted by Gasteiger charge is 2.23. The molecular weight excluding hydrogens is 321 g/mol. The quantitative estimate of drug-likeness (QED) is 0.886. The summed E-state index contributed by atoms with van der Waals surface area (Å²) in [7, 11) is 2.11. The van der Waals surface area contributed by atoms with Crippen LogP contribution in [0.5, 0.6) is 0 Å². The molecule has 2 atom stereocenters. The molecule has 1 N–H and O–H groups in total. The molecule has 0 saturated carbocycles. The van der Waals surface area contributed by atoms with E-state index < -0.39 is 0 Å². The smallest absolute Gasteiger partial charge is 0.223 e. The van der Waals surface area contributed by atoms with Gasteiger partial charge in [-0.1, -0.05) is 0 Å². The summed E-state index contributed by atoms with van der Waals surface area (Å²) in [6.45, 7) is 6.44. The predicted molar refractivity (Wildman–Crippen MR) is 96.3 cm³/mol. The number of rotatable bonds is 5. The van der Waals surface area contributed by atoms with Gasteiger partial charge in [0.05, 0.1) is 18.6 Å². The van der Waals surface area contributed by atoms with E-state index in [0.29, 0.717) is 6.42 Å². The lowest BCUT2D eigenvalue weighted by Gasteiger charge is -2.36. The molecule has 0 aromatic heterocycles. The maximum atomic E-state index is 13.8. The fourth-order valence-corrected chi connectivity index (χ4v) is 3.60. The van der Waals surface area contributed by atoms with Crippen molar-refractivity contribution in [3.63, 3.8) is 0 Å². The number of nitrogens with zero attached hydrogens (tertiary/aromatic N) is 2. The van der Waals surface area contributed by atoms with Crippen LogP contribution in [0.1, 0.15) is 37.8 Å². The van der Waals surface area contributed by atoms with Gasteiger partial charge >= 0.3 is 0 Å². The normalized spacial score (nSPS) is 22.8. The highest BCUT2D eigenvalue weighted by atomic mass is 19.1. The Balaban J connectivity index is 1.68. The van der Waals surface area contributed by atoms with Crippen LogP contribution in [-0.4, -0.2) is 56.7 Å². The van der Waals surface area contributed by atoms with E-state index in [1.54, 1.807) is 6.07 Å². The lowest BCUT2D eigenvalue weighted by Crippen LogP contribution is -2.45. The first kappa shape index (κ1) is 18.1.